The second kappa shape index (κ2) is 6.60. The molecular weight excluding hydrogens is 260 g/mol. The maximum atomic E-state index is 11.8. The van der Waals surface area contributed by atoms with E-state index in [9.17, 15) is 8.42 Å². The normalized spacial score (nSPS) is 11.1. The van der Waals surface area contributed by atoms with Gasteiger partial charge in [0.25, 0.3) is 0 Å². The number of benzene rings is 1. The molecule has 0 spiro atoms. The van der Waals surface area contributed by atoms with Crippen LogP contribution in [0.15, 0.2) is 29.2 Å². The summed E-state index contributed by atoms with van der Waals surface area (Å²) in [4.78, 5) is 0.203. The zero-order chi connectivity index (χ0) is 12.7. The molecule has 1 aromatic carbocycles. The predicted molar refractivity (Wildman–Crippen MR) is 66.3 cm³/mol. The lowest BCUT2D eigenvalue weighted by Gasteiger charge is -2.06. The molecule has 0 atom stereocenters. The summed E-state index contributed by atoms with van der Waals surface area (Å²) in [6.07, 6.45) is 0.868. The molecule has 1 N–H and O–H groups in total. The topological polar surface area (TPSA) is 70.0 Å². The zero-order valence-corrected chi connectivity index (χ0v) is 10.8. The van der Waals surface area contributed by atoms with Crippen LogP contribution in [0.3, 0.4) is 0 Å². The van der Waals surface area contributed by atoms with Crippen LogP contribution in [0.2, 0.25) is 0 Å². The van der Waals surface area contributed by atoms with Crippen molar-refractivity contribution in [3.05, 3.63) is 29.8 Å². The summed E-state index contributed by atoms with van der Waals surface area (Å²) in [6, 6.07) is 8.27. The molecular formula is C11H13ClN2O2S. The van der Waals surface area contributed by atoms with E-state index in [0.29, 0.717) is 18.8 Å². The SMILES string of the molecule is N#CCc1ccc(S(=O)(=O)NCCCCl)cc1. The molecule has 0 fully saturated rings. The smallest absolute Gasteiger partial charge is 0.211 e. The molecule has 0 amide bonds. The average Bonchev–Trinajstić information content (AvgIpc) is 2.30. The Labute approximate surface area is 106 Å². The van der Waals surface area contributed by atoms with Crippen LogP contribution in [0.25, 0.3) is 0 Å². The largest absolute Gasteiger partial charge is 0.240 e. The van der Waals surface area contributed by atoms with Crippen molar-refractivity contribution in [3.63, 3.8) is 0 Å². The lowest BCUT2D eigenvalue weighted by atomic mass is 10.2. The quantitative estimate of drug-likeness (QED) is 0.632. The Morgan fingerprint density at radius 1 is 1.29 bits per heavy atom. The molecule has 0 aliphatic heterocycles. The summed E-state index contributed by atoms with van der Waals surface area (Å²) in [5.41, 5.74) is 0.798. The summed E-state index contributed by atoms with van der Waals surface area (Å²) in [5.74, 6) is 0.420. The number of rotatable bonds is 6. The number of nitrogens with one attached hydrogen (secondary N) is 1. The van der Waals surface area contributed by atoms with Crippen molar-refractivity contribution in [1.82, 2.24) is 4.72 Å². The van der Waals surface area contributed by atoms with E-state index in [2.05, 4.69) is 4.72 Å². The first-order valence-electron chi connectivity index (χ1n) is 5.11. The van der Waals surface area contributed by atoms with Crippen LogP contribution in [0.1, 0.15) is 12.0 Å². The first-order valence-corrected chi connectivity index (χ1v) is 7.13. The highest BCUT2D eigenvalue weighted by atomic mass is 35.5. The van der Waals surface area contributed by atoms with Crippen LogP contribution in [-0.4, -0.2) is 20.8 Å². The van der Waals surface area contributed by atoms with Crippen molar-refractivity contribution in [1.29, 1.82) is 5.26 Å². The van der Waals surface area contributed by atoms with Gasteiger partial charge in [-0.15, -0.1) is 11.6 Å². The first kappa shape index (κ1) is 14.0. The molecule has 6 heteroatoms. The summed E-state index contributed by atoms with van der Waals surface area (Å²) in [7, 11) is -3.46. The summed E-state index contributed by atoms with van der Waals surface area (Å²) >= 11 is 5.47. The van der Waals surface area contributed by atoms with E-state index in [4.69, 9.17) is 16.9 Å². The number of halogens is 1. The maximum absolute atomic E-state index is 11.8. The van der Waals surface area contributed by atoms with Crippen molar-refractivity contribution >= 4 is 21.6 Å². The Bertz CT molecular complexity index is 491. The van der Waals surface area contributed by atoms with Gasteiger partial charge in [-0.2, -0.15) is 5.26 Å². The highest BCUT2D eigenvalue weighted by Crippen LogP contribution is 2.10. The summed E-state index contributed by atoms with van der Waals surface area (Å²) in [6.45, 7) is 0.325. The van der Waals surface area contributed by atoms with Crippen molar-refractivity contribution in [3.8, 4) is 6.07 Å². The van der Waals surface area contributed by atoms with Crippen LogP contribution in [0.4, 0.5) is 0 Å². The van der Waals surface area contributed by atoms with Gasteiger partial charge in [0.1, 0.15) is 0 Å². The minimum atomic E-state index is -3.46. The fourth-order valence-corrected chi connectivity index (χ4v) is 2.44. The molecule has 0 aromatic heterocycles. The molecule has 4 nitrogen and oxygen atoms in total. The van der Waals surface area contributed by atoms with Gasteiger partial charge in [0.05, 0.1) is 17.4 Å². The van der Waals surface area contributed by atoms with Gasteiger partial charge in [-0.05, 0) is 24.1 Å². The van der Waals surface area contributed by atoms with Gasteiger partial charge < -0.3 is 0 Å². The Morgan fingerprint density at radius 2 is 1.94 bits per heavy atom. The lowest BCUT2D eigenvalue weighted by Crippen LogP contribution is -2.25. The van der Waals surface area contributed by atoms with Crippen LogP contribution in [-0.2, 0) is 16.4 Å². The Kier molecular flexibility index (Phi) is 5.42. The molecule has 17 heavy (non-hydrogen) atoms. The van der Waals surface area contributed by atoms with Crippen LogP contribution < -0.4 is 4.72 Å². The maximum Gasteiger partial charge on any atom is 0.240 e. The molecule has 0 unspecified atom stereocenters. The van der Waals surface area contributed by atoms with E-state index in [0.717, 1.165) is 5.56 Å². The number of sulfonamides is 1. The Balaban J connectivity index is 2.75. The highest BCUT2D eigenvalue weighted by Gasteiger charge is 2.12. The van der Waals surface area contributed by atoms with Crippen LogP contribution in [0, 0.1) is 11.3 Å². The van der Waals surface area contributed by atoms with Crippen molar-refractivity contribution in [2.24, 2.45) is 0 Å². The van der Waals surface area contributed by atoms with E-state index in [-0.39, 0.29) is 11.3 Å². The fraction of sp³-hybridized carbons (Fsp3) is 0.364. The van der Waals surface area contributed by atoms with Gasteiger partial charge in [-0.1, -0.05) is 12.1 Å². The van der Waals surface area contributed by atoms with E-state index in [1.165, 1.54) is 12.1 Å². The molecule has 0 aliphatic carbocycles. The second-order valence-corrected chi connectivity index (χ2v) is 5.56. The minimum Gasteiger partial charge on any atom is -0.211 e. The molecule has 0 saturated carbocycles. The van der Waals surface area contributed by atoms with E-state index in [1.54, 1.807) is 12.1 Å². The van der Waals surface area contributed by atoms with Gasteiger partial charge in [-0.3, -0.25) is 0 Å². The van der Waals surface area contributed by atoms with Crippen molar-refractivity contribution in [2.45, 2.75) is 17.7 Å². The molecule has 0 saturated heterocycles. The third-order valence-corrected chi connectivity index (χ3v) is 3.86. The van der Waals surface area contributed by atoms with Gasteiger partial charge in [-0.25, -0.2) is 13.1 Å². The molecule has 0 bridgehead atoms. The third kappa shape index (κ3) is 4.35. The monoisotopic (exact) mass is 272 g/mol. The van der Waals surface area contributed by atoms with E-state index >= 15 is 0 Å². The van der Waals surface area contributed by atoms with Crippen LogP contribution in [0.5, 0.6) is 0 Å². The molecule has 1 rings (SSSR count). The zero-order valence-electron chi connectivity index (χ0n) is 9.19. The standard InChI is InChI=1S/C11H13ClN2O2S/c12-7-1-9-14-17(15,16)11-4-2-10(3-5-11)6-8-13/h2-5,14H,1,6-7,9H2. The summed E-state index contributed by atoms with van der Waals surface area (Å²) < 4.78 is 26.0. The lowest BCUT2D eigenvalue weighted by molar-refractivity contribution is 0.581. The number of nitriles is 1. The highest BCUT2D eigenvalue weighted by molar-refractivity contribution is 7.89. The van der Waals surface area contributed by atoms with Gasteiger partial charge in [0, 0.05) is 12.4 Å². The fourth-order valence-electron chi connectivity index (χ4n) is 1.23. The molecule has 1 aromatic rings. The molecule has 0 heterocycles. The van der Waals surface area contributed by atoms with Crippen molar-refractivity contribution < 1.29 is 8.42 Å². The summed E-state index contributed by atoms with van der Waals surface area (Å²) in [5, 5.41) is 8.50. The van der Waals surface area contributed by atoms with Crippen LogP contribution >= 0.6 is 11.6 Å². The van der Waals surface area contributed by atoms with Crippen molar-refractivity contribution in [2.75, 3.05) is 12.4 Å². The predicted octanol–water partition coefficient (Wildman–Crippen LogP) is 1.66. The first-order chi connectivity index (χ1) is 8.10. The third-order valence-electron chi connectivity index (χ3n) is 2.12. The average molecular weight is 273 g/mol. The van der Waals surface area contributed by atoms with Gasteiger partial charge in [0.2, 0.25) is 10.0 Å². The number of nitrogens with zero attached hydrogens (tertiary/aromatic N) is 1. The van der Waals surface area contributed by atoms with Gasteiger partial charge >= 0.3 is 0 Å². The molecule has 92 valence electrons. The number of hydrogen-bond donors (Lipinski definition) is 1. The molecule has 0 aliphatic rings. The Hall–Kier alpha value is -1.09. The van der Waals surface area contributed by atoms with Gasteiger partial charge in [0.15, 0.2) is 0 Å². The number of hydrogen-bond acceptors (Lipinski definition) is 3. The molecule has 0 radical (unpaired) electrons. The van der Waals surface area contributed by atoms with E-state index in [1.807, 2.05) is 6.07 Å². The second-order valence-electron chi connectivity index (χ2n) is 3.42. The minimum absolute atomic E-state index is 0.203. The van der Waals surface area contributed by atoms with E-state index < -0.39 is 10.0 Å². The Morgan fingerprint density at radius 3 is 2.47 bits per heavy atom. The number of alkyl halides is 1.